The van der Waals surface area contributed by atoms with E-state index in [4.69, 9.17) is 0 Å². The lowest BCUT2D eigenvalue weighted by Gasteiger charge is -2.05. The maximum absolute atomic E-state index is 4.67. The van der Waals surface area contributed by atoms with Crippen LogP contribution in [0, 0.1) is 0 Å². The van der Waals surface area contributed by atoms with Crippen molar-refractivity contribution in [2.75, 3.05) is 14.1 Å². The van der Waals surface area contributed by atoms with Crippen LogP contribution in [0.5, 0.6) is 0 Å². The van der Waals surface area contributed by atoms with Crippen molar-refractivity contribution in [2.45, 2.75) is 31.6 Å². The number of rotatable bonds is 4. The van der Waals surface area contributed by atoms with Gasteiger partial charge in [0.25, 0.3) is 0 Å². The van der Waals surface area contributed by atoms with Gasteiger partial charge in [0.2, 0.25) is 0 Å². The second kappa shape index (κ2) is 5.24. The minimum Gasteiger partial charge on any atom is -0.303 e. The maximum Gasteiger partial charge on any atom is 0.107 e. The van der Waals surface area contributed by atoms with Crippen LogP contribution in [0.1, 0.15) is 35.3 Å². The van der Waals surface area contributed by atoms with Gasteiger partial charge in [0.05, 0.1) is 5.69 Å². The minimum absolute atomic E-state index is 0.523. The fourth-order valence-corrected chi connectivity index (χ4v) is 3.12. The molecule has 1 rings (SSSR count). The van der Waals surface area contributed by atoms with Crippen molar-refractivity contribution in [3.05, 3.63) is 15.6 Å². The van der Waals surface area contributed by atoms with Crippen molar-refractivity contribution in [3.63, 3.8) is 0 Å². The van der Waals surface area contributed by atoms with Gasteiger partial charge in [0.15, 0.2) is 0 Å². The highest BCUT2D eigenvalue weighted by Gasteiger charge is 2.13. The monoisotopic (exact) mass is 276 g/mol. The highest BCUT2D eigenvalue weighted by Crippen LogP contribution is 2.27. The van der Waals surface area contributed by atoms with E-state index in [0.29, 0.717) is 5.92 Å². The first kappa shape index (κ1) is 12.1. The van der Waals surface area contributed by atoms with Crippen molar-refractivity contribution < 1.29 is 0 Å². The summed E-state index contributed by atoms with van der Waals surface area (Å²) in [5.74, 6) is 0.523. The second-order valence-corrected chi connectivity index (χ2v) is 5.67. The summed E-state index contributed by atoms with van der Waals surface area (Å²) in [6, 6.07) is 0. The zero-order chi connectivity index (χ0) is 10.7. The molecule has 0 atom stereocenters. The van der Waals surface area contributed by atoms with Crippen LogP contribution in [-0.4, -0.2) is 24.0 Å². The van der Waals surface area contributed by atoms with Gasteiger partial charge in [-0.1, -0.05) is 29.8 Å². The third-order valence-electron chi connectivity index (χ3n) is 1.89. The van der Waals surface area contributed by atoms with Crippen LogP contribution in [-0.2, 0) is 11.9 Å². The van der Waals surface area contributed by atoms with Gasteiger partial charge < -0.3 is 4.90 Å². The van der Waals surface area contributed by atoms with Crippen LogP contribution in [0.3, 0.4) is 0 Å². The molecule has 0 bridgehead atoms. The molecule has 0 N–H and O–H groups in total. The molecule has 1 aromatic heterocycles. The molecule has 80 valence electrons. The normalized spacial score (nSPS) is 11.6. The summed E-state index contributed by atoms with van der Waals surface area (Å²) >= 11 is 5.33. The molecule has 0 aromatic carbocycles. The van der Waals surface area contributed by atoms with Crippen molar-refractivity contribution in [3.8, 4) is 0 Å². The van der Waals surface area contributed by atoms with E-state index >= 15 is 0 Å². The van der Waals surface area contributed by atoms with Gasteiger partial charge in [-0.15, -0.1) is 11.3 Å². The van der Waals surface area contributed by atoms with E-state index in [-0.39, 0.29) is 0 Å². The van der Waals surface area contributed by atoms with Gasteiger partial charge in [-0.3, -0.25) is 0 Å². The van der Waals surface area contributed by atoms with E-state index in [1.165, 1.54) is 15.6 Å². The molecule has 0 aliphatic heterocycles. The lowest BCUT2D eigenvalue weighted by molar-refractivity contribution is 0.401. The number of thiazole rings is 1. The number of halogens is 1. The zero-order valence-electron chi connectivity index (χ0n) is 9.17. The van der Waals surface area contributed by atoms with Crippen LogP contribution in [0.4, 0.5) is 0 Å². The Labute approximate surface area is 98.5 Å². The fourth-order valence-electron chi connectivity index (χ4n) is 1.30. The van der Waals surface area contributed by atoms with Crippen molar-refractivity contribution in [2.24, 2.45) is 0 Å². The van der Waals surface area contributed by atoms with E-state index in [0.717, 1.165) is 11.9 Å². The molecule has 0 aliphatic carbocycles. The highest BCUT2D eigenvalue weighted by atomic mass is 79.9. The molecule has 1 heterocycles. The number of alkyl halides is 1. The fraction of sp³-hybridized carbons (Fsp3) is 0.700. The molecule has 2 nitrogen and oxygen atoms in total. The Morgan fingerprint density at radius 1 is 1.43 bits per heavy atom. The lowest BCUT2D eigenvalue weighted by Crippen LogP contribution is -2.10. The maximum atomic E-state index is 4.67. The highest BCUT2D eigenvalue weighted by molar-refractivity contribution is 9.08. The molecule has 1 aromatic rings. The summed E-state index contributed by atoms with van der Waals surface area (Å²) in [5.41, 5.74) is 1.25. The number of hydrogen-bond acceptors (Lipinski definition) is 3. The van der Waals surface area contributed by atoms with Crippen LogP contribution >= 0.6 is 27.3 Å². The van der Waals surface area contributed by atoms with Gasteiger partial charge in [-0.2, -0.15) is 0 Å². The number of nitrogens with zero attached hydrogens (tertiary/aromatic N) is 2. The Kier molecular flexibility index (Phi) is 4.54. The first-order valence-electron chi connectivity index (χ1n) is 4.73. The summed E-state index contributed by atoms with van der Waals surface area (Å²) in [6.07, 6.45) is 0. The first-order chi connectivity index (χ1) is 6.54. The van der Waals surface area contributed by atoms with E-state index in [1.54, 1.807) is 0 Å². The third kappa shape index (κ3) is 3.04. The Balaban J connectivity index is 2.89. The molecule has 0 saturated heterocycles. The molecule has 0 fully saturated rings. The summed E-state index contributed by atoms with van der Waals surface area (Å²) in [4.78, 5) is 8.19. The molecule has 0 saturated carbocycles. The zero-order valence-corrected chi connectivity index (χ0v) is 11.6. The van der Waals surface area contributed by atoms with E-state index in [1.807, 2.05) is 11.3 Å². The summed E-state index contributed by atoms with van der Waals surface area (Å²) in [5, 5.41) is 2.14. The Bertz CT molecular complexity index is 294. The predicted molar refractivity (Wildman–Crippen MR) is 66.2 cm³/mol. The van der Waals surface area contributed by atoms with E-state index in [2.05, 4.69) is 53.8 Å². The van der Waals surface area contributed by atoms with Crippen LogP contribution in [0.2, 0.25) is 0 Å². The van der Waals surface area contributed by atoms with Crippen LogP contribution in [0.15, 0.2) is 0 Å². The predicted octanol–water partition coefficient (Wildman–Crippen LogP) is 3.22. The van der Waals surface area contributed by atoms with Gasteiger partial charge in [-0.25, -0.2) is 4.98 Å². The Hall–Kier alpha value is 0.0700. The first-order valence-corrected chi connectivity index (χ1v) is 6.67. The van der Waals surface area contributed by atoms with Crippen molar-refractivity contribution in [1.82, 2.24) is 9.88 Å². The molecular formula is C10H17BrN2S. The average molecular weight is 277 g/mol. The Morgan fingerprint density at radius 3 is 2.43 bits per heavy atom. The van der Waals surface area contributed by atoms with E-state index < -0.39 is 0 Å². The molecule has 0 aliphatic rings. The molecular weight excluding hydrogens is 260 g/mol. The van der Waals surface area contributed by atoms with Gasteiger partial charge in [0.1, 0.15) is 5.01 Å². The topological polar surface area (TPSA) is 16.1 Å². The SMILES string of the molecule is CC(C)c1nc(CN(C)C)sc1CBr. The average Bonchev–Trinajstić information content (AvgIpc) is 2.46. The Morgan fingerprint density at radius 2 is 2.07 bits per heavy atom. The smallest absolute Gasteiger partial charge is 0.107 e. The number of aromatic nitrogens is 1. The molecule has 0 unspecified atom stereocenters. The molecule has 0 spiro atoms. The minimum atomic E-state index is 0.523. The summed E-state index contributed by atoms with van der Waals surface area (Å²) < 4.78 is 0. The number of hydrogen-bond donors (Lipinski definition) is 0. The van der Waals surface area contributed by atoms with Crippen LogP contribution < -0.4 is 0 Å². The van der Waals surface area contributed by atoms with Crippen molar-refractivity contribution >= 4 is 27.3 Å². The van der Waals surface area contributed by atoms with E-state index in [9.17, 15) is 0 Å². The second-order valence-electron chi connectivity index (χ2n) is 3.94. The standard InChI is InChI=1S/C10H17BrN2S/c1-7(2)10-8(5-11)14-9(12-10)6-13(3)4/h7H,5-6H2,1-4H3. The molecule has 14 heavy (non-hydrogen) atoms. The van der Waals surface area contributed by atoms with Crippen LogP contribution in [0.25, 0.3) is 0 Å². The third-order valence-corrected chi connectivity index (χ3v) is 3.88. The van der Waals surface area contributed by atoms with Gasteiger partial charge in [-0.05, 0) is 20.0 Å². The lowest BCUT2D eigenvalue weighted by atomic mass is 10.1. The summed E-state index contributed by atoms with van der Waals surface area (Å²) in [6.45, 7) is 5.33. The summed E-state index contributed by atoms with van der Waals surface area (Å²) in [7, 11) is 4.15. The largest absolute Gasteiger partial charge is 0.303 e. The molecule has 4 heteroatoms. The molecule has 0 radical (unpaired) electrons. The molecule has 0 amide bonds. The quantitative estimate of drug-likeness (QED) is 0.785. The van der Waals surface area contributed by atoms with Gasteiger partial charge >= 0.3 is 0 Å². The van der Waals surface area contributed by atoms with Gasteiger partial charge in [0, 0.05) is 16.8 Å². The van der Waals surface area contributed by atoms with Crippen molar-refractivity contribution in [1.29, 1.82) is 0 Å².